The van der Waals surface area contributed by atoms with Crippen LogP contribution in [0.5, 0.6) is 0 Å². The van der Waals surface area contributed by atoms with Crippen molar-refractivity contribution in [2.24, 2.45) is 11.0 Å². The molecule has 1 aliphatic heterocycles. The Bertz CT molecular complexity index is 453. The fraction of sp³-hybridized carbons (Fsp3) is 0.667. The molecule has 0 unspecified atom stereocenters. The van der Waals surface area contributed by atoms with Crippen LogP contribution in [0, 0.1) is 5.92 Å². The maximum Gasteiger partial charge on any atom is 0.405 e. The normalized spacial score (nSPS) is 17.9. The number of amides is 2. The first kappa shape index (κ1) is 17.3. The second-order valence-corrected chi connectivity index (χ2v) is 6.16. The van der Waals surface area contributed by atoms with Crippen molar-refractivity contribution in [1.29, 1.82) is 0 Å². The summed E-state index contributed by atoms with van der Waals surface area (Å²) in [6.07, 6.45) is -1.08. The van der Waals surface area contributed by atoms with Crippen molar-refractivity contribution in [3.63, 3.8) is 0 Å². The zero-order valence-corrected chi connectivity index (χ0v) is 13.1. The first-order valence-corrected chi connectivity index (χ1v) is 7.55. The lowest BCUT2D eigenvalue weighted by molar-refractivity contribution is -0.139. The van der Waals surface area contributed by atoms with Gasteiger partial charge in [0.05, 0.1) is 0 Å². The van der Waals surface area contributed by atoms with Crippen molar-refractivity contribution in [2.75, 3.05) is 19.3 Å². The molecule has 0 saturated carbocycles. The molecule has 21 heavy (non-hydrogen) atoms. The summed E-state index contributed by atoms with van der Waals surface area (Å²) in [6, 6.07) is -1.06. The third-order valence-corrected chi connectivity index (χ3v) is 3.83. The predicted octanol–water partition coefficient (Wildman–Crippen LogP) is 0.304. The average Bonchev–Trinajstić information content (AvgIpc) is 2.78. The largest absolute Gasteiger partial charge is 0.465 e. The van der Waals surface area contributed by atoms with Gasteiger partial charge in [0.2, 0.25) is 5.78 Å². The van der Waals surface area contributed by atoms with Crippen LogP contribution in [0.4, 0.5) is 4.79 Å². The first-order valence-electron chi connectivity index (χ1n) is 6.56. The summed E-state index contributed by atoms with van der Waals surface area (Å²) < 4.78 is 0. The third kappa shape index (κ3) is 5.62. The molecule has 0 aromatic carbocycles. The maximum absolute atomic E-state index is 12.0. The molecule has 0 bridgehead atoms. The minimum Gasteiger partial charge on any atom is -0.465 e. The Kier molecular flexibility index (Phi) is 6.47. The van der Waals surface area contributed by atoms with E-state index in [0.29, 0.717) is 5.17 Å². The molecular formula is C12H20N4O4S. The molecule has 0 aromatic heterocycles. The minimum atomic E-state index is -1.33. The van der Waals surface area contributed by atoms with Gasteiger partial charge in [0.15, 0.2) is 5.17 Å². The molecule has 1 rings (SSSR count). The number of thioether (sulfide) groups is 1. The van der Waals surface area contributed by atoms with Crippen molar-refractivity contribution in [3.8, 4) is 0 Å². The van der Waals surface area contributed by atoms with Crippen LogP contribution in [0.25, 0.3) is 0 Å². The molecule has 118 valence electrons. The second-order valence-electron chi connectivity index (χ2n) is 5.10. The van der Waals surface area contributed by atoms with Crippen LogP contribution in [-0.4, -0.2) is 58.3 Å². The number of hydrogen-bond acceptors (Lipinski definition) is 5. The van der Waals surface area contributed by atoms with E-state index in [1.807, 2.05) is 25.8 Å². The van der Waals surface area contributed by atoms with Crippen LogP contribution in [0.1, 0.15) is 20.3 Å². The molecule has 9 heteroatoms. The second kappa shape index (κ2) is 7.87. The number of amidine groups is 1. The van der Waals surface area contributed by atoms with Crippen LogP contribution in [0.3, 0.4) is 0 Å². The summed E-state index contributed by atoms with van der Waals surface area (Å²) >= 11 is 1.47. The van der Waals surface area contributed by atoms with Crippen LogP contribution in [0.15, 0.2) is 5.10 Å². The summed E-state index contributed by atoms with van der Waals surface area (Å²) in [5.74, 6) is -0.805. The van der Waals surface area contributed by atoms with E-state index in [1.165, 1.54) is 11.8 Å². The van der Waals surface area contributed by atoms with Crippen molar-refractivity contribution in [2.45, 2.75) is 26.3 Å². The predicted molar refractivity (Wildman–Crippen MR) is 80.1 cm³/mol. The molecular weight excluding hydrogens is 296 g/mol. The summed E-state index contributed by atoms with van der Waals surface area (Å²) in [5, 5.41) is 15.3. The molecule has 0 aliphatic carbocycles. The number of carboxylic acid groups (broad SMARTS) is 1. The molecule has 3 N–H and O–H groups in total. The number of carbonyl (C=O) groups excluding carboxylic acids is 2. The van der Waals surface area contributed by atoms with Crippen LogP contribution >= 0.6 is 11.8 Å². The lowest BCUT2D eigenvalue weighted by Gasteiger charge is -2.16. The van der Waals surface area contributed by atoms with Crippen molar-refractivity contribution in [3.05, 3.63) is 0 Å². The number of hydrogen-bond donors (Lipinski definition) is 3. The van der Waals surface area contributed by atoms with E-state index >= 15 is 0 Å². The topological polar surface area (TPSA) is 111 Å². The number of rotatable bonds is 6. The van der Waals surface area contributed by atoms with Gasteiger partial charge < -0.3 is 15.3 Å². The SMILES string of the molecule is CC(C)C[C@H](NC(=O)O)C(=O)C(=O)NN=C1SCCN1C. The molecule has 1 aliphatic rings. The summed E-state index contributed by atoms with van der Waals surface area (Å²) in [6.45, 7) is 4.50. The number of ketones is 1. The molecule has 1 atom stereocenters. The van der Waals surface area contributed by atoms with Crippen LogP contribution < -0.4 is 10.7 Å². The maximum atomic E-state index is 12.0. The average molecular weight is 316 g/mol. The molecule has 0 spiro atoms. The van der Waals surface area contributed by atoms with E-state index in [4.69, 9.17) is 5.11 Å². The van der Waals surface area contributed by atoms with Gasteiger partial charge in [0.25, 0.3) is 0 Å². The Hall–Kier alpha value is -1.77. The van der Waals surface area contributed by atoms with E-state index in [-0.39, 0.29) is 12.3 Å². The van der Waals surface area contributed by atoms with Gasteiger partial charge >= 0.3 is 12.0 Å². The smallest absolute Gasteiger partial charge is 0.405 e. The Morgan fingerprint density at radius 2 is 2.10 bits per heavy atom. The van der Waals surface area contributed by atoms with Gasteiger partial charge in [-0.05, 0) is 12.3 Å². The number of Topliss-reactive ketones (excluding diaryl/α,β-unsaturated/α-hetero) is 1. The van der Waals surface area contributed by atoms with Crippen molar-refractivity contribution < 1.29 is 19.5 Å². The number of nitrogens with one attached hydrogen (secondary N) is 2. The highest BCUT2D eigenvalue weighted by atomic mass is 32.2. The monoisotopic (exact) mass is 316 g/mol. The lowest BCUT2D eigenvalue weighted by atomic mass is 10.00. The Morgan fingerprint density at radius 3 is 2.57 bits per heavy atom. The van der Waals surface area contributed by atoms with E-state index < -0.39 is 23.8 Å². The Morgan fingerprint density at radius 1 is 1.43 bits per heavy atom. The highest BCUT2D eigenvalue weighted by Gasteiger charge is 2.28. The number of hydrazone groups is 1. The molecule has 0 radical (unpaired) electrons. The van der Waals surface area contributed by atoms with Gasteiger partial charge in [0, 0.05) is 19.3 Å². The van der Waals surface area contributed by atoms with Gasteiger partial charge in [-0.3, -0.25) is 9.59 Å². The third-order valence-electron chi connectivity index (χ3n) is 2.78. The van der Waals surface area contributed by atoms with Crippen LogP contribution in [0.2, 0.25) is 0 Å². The van der Waals surface area contributed by atoms with Gasteiger partial charge in [0.1, 0.15) is 6.04 Å². The molecule has 1 fully saturated rings. The van der Waals surface area contributed by atoms with E-state index in [1.54, 1.807) is 0 Å². The van der Waals surface area contributed by atoms with Gasteiger partial charge in [-0.15, -0.1) is 5.10 Å². The standard InChI is InChI=1S/C12H20N4O4S/c1-7(2)6-8(13-12(19)20)9(17)10(18)14-15-11-16(3)4-5-21-11/h7-8,13H,4-6H2,1-3H3,(H,14,18)(H,19,20)/t8-/m0/s1. The van der Waals surface area contributed by atoms with Crippen molar-refractivity contribution >= 4 is 34.7 Å². The molecule has 0 aromatic rings. The van der Waals surface area contributed by atoms with Crippen molar-refractivity contribution in [1.82, 2.24) is 15.6 Å². The fourth-order valence-corrected chi connectivity index (χ4v) is 2.73. The van der Waals surface area contributed by atoms with Gasteiger partial charge in [-0.25, -0.2) is 10.2 Å². The molecule has 1 saturated heterocycles. The zero-order chi connectivity index (χ0) is 16.0. The lowest BCUT2D eigenvalue weighted by Crippen LogP contribution is -2.47. The number of nitrogens with zero attached hydrogens (tertiary/aromatic N) is 2. The Labute approximate surface area is 127 Å². The Balaban J connectivity index is 2.64. The quantitative estimate of drug-likeness (QED) is 0.480. The van der Waals surface area contributed by atoms with E-state index in [2.05, 4.69) is 15.8 Å². The summed E-state index contributed by atoms with van der Waals surface area (Å²) in [7, 11) is 1.83. The summed E-state index contributed by atoms with van der Waals surface area (Å²) in [4.78, 5) is 36.3. The minimum absolute atomic E-state index is 0.0708. The molecule has 2 amide bonds. The highest BCUT2D eigenvalue weighted by molar-refractivity contribution is 8.14. The van der Waals surface area contributed by atoms with E-state index in [0.717, 1.165) is 12.3 Å². The van der Waals surface area contributed by atoms with Crippen LogP contribution in [-0.2, 0) is 9.59 Å². The van der Waals surface area contributed by atoms with E-state index in [9.17, 15) is 14.4 Å². The fourth-order valence-electron chi connectivity index (χ4n) is 1.76. The van der Waals surface area contributed by atoms with Gasteiger partial charge in [-0.1, -0.05) is 25.6 Å². The highest BCUT2D eigenvalue weighted by Crippen LogP contribution is 2.14. The molecule has 1 heterocycles. The zero-order valence-electron chi connectivity index (χ0n) is 12.3. The first-order chi connectivity index (χ1) is 9.81. The summed E-state index contributed by atoms with van der Waals surface area (Å²) in [5.41, 5.74) is 2.19. The molecule has 8 nitrogen and oxygen atoms in total. The number of carbonyl (C=O) groups is 3. The van der Waals surface area contributed by atoms with Gasteiger partial charge in [-0.2, -0.15) is 0 Å².